The van der Waals surface area contributed by atoms with E-state index < -0.39 is 60.4 Å². The average Bonchev–Trinajstić information content (AvgIpc) is 3.59. The topological polar surface area (TPSA) is 253 Å². The fourth-order valence-electron chi connectivity index (χ4n) is 3.97. The van der Waals surface area contributed by atoms with E-state index in [-0.39, 0.29) is 25.7 Å². The molecule has 0 bridgehead atoms. The smallest absolute Gasteiger partial charge is 0.328 e. The van der Waals surface area contributed by atoms with E-state index in [2.05, 4.69) is 30.9 Å². The summed E-state index contributed by atoms with van der Waals surface area (Å²) in [5.41, 5.74) is 7.77. The zero-order valence-corrected chi connectivity index (χ0v) is 21.3. The Hall–Kier alpha value is -4.76. The molecule has 0 saturated heterocycles. The van der Waals surface area contributed by atoms with Crippen molar-refractivity contribution in [1.29, 1.82) is 0 Å². The number of carbonyl (C=O) groups is 5. The van der Waals surface area contributed by atoms with Gasteiger partial charge in [0.1, 0.15) is 18.1 Å². The predicted molar refractivity (Wildman–Crippen MR) is 140 cm³/mol. The lowest BCUT2D eigenvalue weighted by molar-refractivity contribution is -0.143. The highest BCUT2D eigenvalue weighted by molar-refractivity contribution is 5.95. The van der Waals surface area contributed by atoms with Gasteiger partial charge in [0, 0.05) is 48.3 Å². The lowest BCUT2D eigenvalue weighted by Crippen LogP contribution is -2.58. The molecule has 3 amide bonds. The van der Waals surface area contributed by atoms with Crippen LogP contribution in [-0.4, -0.2) is 90.7 Å². The molecule has 4 unspecified atom stereocenters. The number of aromatic nitrogens is 3. The Morgan fingerprint density at radius 3 is 2.17 bits per heavy atom. The number of aliphatic carboxylic acids is 2. The van der Waals surface area contributed by atoms with Crippen LogP contribution in [0.3, 0.4) is 0 Å². The van der Waals surface area contributed by atoms with E-state index in [1.807, 2.05) is 18.2 Å². The molecule has 15 heteroatoms. The summed E-state index contributed by atoms with van der Waals surface area (Å²) in [5.74, 6) is -5.03. The lowest BCUT2D eigenvalue weighted by atomic mass is 10.0. The predicted octanol–water partition coefficient (Wildman–Crippen LogP) is -1.60. The minimum absolute atomic E-state index is 0.0139. The zero-order chi connectivity index (χ0) is 29.2. The molecule has 0 spiro atoms. The molecule has 0 saturated carbocycles. The van der Waals surface area contributed by atoms with Gasteiger partial charge >= 0.3 is 11.9 Å². The van der Waals surface area contributed by atoms with Gasteiger partial charge < -0.3 is 47.0 Å². The van der Waals surface area contributed by atoms with Crippen molar-refractivity contribution in [3.63, 3.8) is 0 Å². The summed E-state index contributed by atoms with van der Waals surface area (Å²) in [6, 6.07) is 1.91. The Labute approximate surface area is 227 Å². The normalized spacial score (nSPS) is 14.1. The van der Waals surface area contributed by atoms with Crippen LogP contribution in [0.2, 0.25) is 0 Å². The van der Waals surface area contributed by atoms with E-state index >= 15 is 0 Å². The van der Waals surface area contributed by atoms with Crippen LogP contribution in [0.5, 0.6) is 0 Å². The van der Waals surface area contributed by atoms with Gasteiger partial charge in [-0.3, -0.25) is 19.2 Å². The van der Waals surface area contributed by atoms with Crippen LogP contribution in [-0.2, 0) is 36.8 Å². The van der Waals surface area contributed by atoms with Crippen LogP contribution < -0.4 is 21.7 Å². The third-order valence-corrected chi connectivity index (χ3v) is 6.15. The number of aromatic amines is 2. The van der Waals surface area contributed by atoms with Gasteiger partial charge in [-0.1, -0.05) is 18.2 Å². The van der Waals surface area contributed by atoms with Gasteiger partial charge in [-0.05, 0) is 18.1 Å². The molecule has 214 valence electrons. The average molecular weight is 558 g/mol. The maximum Gasteiger partial charge on any atom is 0.328 e. The molecule has 15 nitrogen and oxygen atoms in total. The summed E-state index contributed by atoms with van der Waals surface area (Å²) in [6.45, 7) is -0.876. The van der Waals surface area contributed by atoms with E-state index in [1.54, 1.807) is 12.3 Å². The van der Waals surface area contributed by atoms with Gasteiger partial charge in [0.05, 0.1) is 19.0 Å². The highest BCUT2D eigenvalue weighted by Gasteiger charge is 2.31. The largest absolute Gasteiger partial charge is 0.481 e. The van der Waals surface area contributed by atoms with Gasteiger partial charge in [-0.25, -0.2) is 9.78 Å². The molecule has 0 fully saturated rings. The first kappa shape index (κ1) is 29.8. The number of aliphatic hydroxyl groups excluding tert-OH is 1. The number of rotatable bonds is 15. The molecular weight excluding hydrogens is 526 g/mol. The summed E-state index contributed by atoms with van der Waals surface area (Å²) < 4.78 is 0. The van der Waals surface area contributed by atoms with Crippen LogP contribution in [0.1, 0.15) is 24.1 Å². The molecule has 3 aromatic rings. The Morgan fingerprint density at radius 2 is 1.55 bits per heavy atom. The monoisotopic (exact) mass is 557 g/mol. The maximum absolute atomic E-state index is 13.5. The van der Waals surface area contributed by atoms with Crippen molar-refractivity contribution in [2.24, 2.45) is 5.73 Å². The fourth-order valence-corrected chi connectivity index (χ4v) is 3.97. The summed E-state index contributed by atoms with van der Waals surface area (Å²) in [5, 5.41) is 35.5. The maximum atomic E-state index is 13.5. The van der Waals surface area contributed by atoms with E-state index in [4.69, 9.17) is 10.8 Å². The number of benzene rings is 1. The molecule has 2 heterocycles. The molecule has 10 N–H and O–H groups in total. The molecule has 3 rings (SSSR count). The van der Waals surface area contributed by atoms with E-state index in [9.17, 15) is 34.2 Å². The molecule has 1 aromatic carbocycles. The molecule has 0 aliphatic heterocycles. The van der Waals surface area contributed by atoms with Crippen LogP contribution in [0.25, 0.3) is 10.9 Å². The van der Waals surface area contributed by atoms with E-state index in [0.717, 1.165) is 10.9 Å². The number of carboxylic acids is 2. The van der Waals surface area contributed by atoms with Gasteiger partial charge in [0.2, 0.25) is 17.7 Å². The number of fused-ring (bicyclic) bond motifs is 1. The number of H-pyrrole nitrogens is 2. The van der Waals surface area contributed by atoms with Gasteiger partial charge in [0.25, 0.3) is 0 Å². The van der Waals surface area contributed by atoms with Gasteiger partial charge in [0.15, 0.2) is 0 Å². The van der Waals surface area contributed by atoms with Crippen molar-refractivity contribution >= 4 is 40.6 Å². The second-order valence-corrected chi connectivity index (χ2v) is 9.09. The van der Waals surface area contributed by atoms with Crippen molar-refractivity contribution in [1.82, 2.24) is 30.9 Å². The first-order valence-electron chi connectivity index (χ1n) is 12.3. The van der Waals surface area contributed by atoms with Crippen molar-refractivity contribution in [2.75, 3.05) is 6.61 Å². The van der Waals surface area contributed by atoms with Crippen LogP contribution >= 0.6 is 0 Å². The summed E-state index contributed by atoms with van der Waals surface area (Å²) in [7, 11) is 0. The number of para-hydroxylation sites is 1. The molecule has 0 aliphatic carbocycles. The minimum Gasteiger partial charge on any atom is -0.481 e. The lowest BCUT2D eigenvalue weighted by Gasteiger charge is -2.25. The number of aliphatic hydroxyl groups is 1. The van der Waals surface area contributed by atoms with Crippen LogP contribution in [0.4, 0.5) is 0 Å². The van der Waals surface area contributed by atoms with Crippen molar-refractivity contribution in [2.45, 2.75) is 49.9 Å². The van der Waals surface area contributed by atoms with E-state index in [0.29, 0.717) is 11.3 Å². The number of hydrogen-bond donors (Lipinski definition) is 9. The number of carbonyl (C=O) groups excluding carboxylic acids is 3. The second-order valence-electron chi connectivity index (χ2n) is 9.09. The standard InChI is InChI=1S/C25H31N7O8/c26-16(5-6-21(34)35)22(36)30-18(7-13-9-28-17-4-2-1-3-15(13)17)23(37)31-19(8-14-10-27-12-29-14)24(38)32-20(11-33)25(39)40/h1-4,9-10,12,16,18-20,28,33H,5-8,11,26H2,(H,27,29)(H,30,36)(H,31,37)(H,32,38)(H,34,35)(H,39,40). The Balaban J connectivity index is 1.85. The first-order chi connectivity index (χ1) is 19.1. The molecular formula is C25H31N7O8. The minimum atomic E-state index is -1.61. The van der Waals surface area contributed by atoms with E-state index in [1.165, 1.54) is 12.5 Å². The second kappa shape index (κ2) is 13.9. The SMILES string of the molecule is NC(CCC(=O)O)C(=O)NC(Cc1c[nH]c2ccccc12)C(=O)NC(Cc1cnc[nH]1)C(=O)NC(CO)C(=O)O. The van der Waals surface area contributed by atoms with Crippen LogP contribution in [0.15, 0.2) is 43.0 Å². The van der Waals surface area contributed by atoms with Crippen molar-refractivity contribution in [3.8, 4) is 0 Å². The Bertz CT molecular complexity index is 1340. The number of carboxylic acid groups (broad SMARTS) is 2. The molecule has 2 aromatic heterocycles. The quantitative estimate of drug-likeness (QED) is 0.103. The van der Waals surface area contributed by atoms with Gasteiger partial charge in [-0.2, -0.15) is 0 Å². The highest BCUT2D eigenvalue weighted by atomic mass is 16.4. The molecule has 4 atom stereocenters. The third-order valence-electron chi connectivity index (χ3n) is 6.15. The molecule has 40 heavy (non-hydrogen) atoms. The number of imidazole rings is 1. The Morgan fingerprint density at radius 1 is 0.900 bits per heavy atom. The fraction of sp³-hybridized carbons (Fsp3) is 0.360. The van der Waals surface area contributed by atoms with Gasteiger partial charge in [-0.15, -0.1) is 0 Å². The number of amides is 3. The summed E-state index contributed by atoms with van der Waals surface area (Å²) in [4.78, 5) is 71.3. The van der Waals surface area contributed by atoms with Crippen molar-refractivity contribution in [3.05, 3.63) is 54.2 Å². The summed E-state index contributed by atoms with van der Waals surface area (Å²) >= 11 is 0. The Kier molecular flexibility index (Phi) is 10.3. The number of hydrogen-bond acceptors (Lipinski definition) is 8. The number of nitrogens with two attached hydrogens (primary N) is 1. The molecule has 0 aliphatic rings. The highest BCUT2D eigenvalue weighted by Crippen LogP contribution is 2.19. The molecule has 0 radical (unpaired) electrons. The first-order valence-corrected chi connectivity index (χ1v) is 12.3. The van der Waals surface area contributed by atoms with Crippen LogP contribution in [0, 0.1) is 0 Å². The van der Waals surface area contributed by atoms with Crippen molar-refractivity contribution < 1.29 is 39.3 Å². The zero-order valence-electron chi connectivity index (χ0n) is 21.3. The summed E-state index contributed by atoms with van der Waals surface area (Å²) in [6.07, 6.45) is 3.82. The number of nitrogens with zero attached hydrogens (tertiary/aromatic N) is 1. The third kappa shape index (κ3) is 8.12. The number of nitrogens with one attached hydrogen (secondary N) is 5.